The summed E-state index contributed by atoms with van der Waals surface area (Å²) in [6.45, 7) is 0.578. The van der Waals surface area contributed by atoms with Crippen LogP contribution in [0.2, 0.25) is 0 Å². The lowest BCUT2D eigenvalue weighted by Crippen LogP contribution is -2.11. The summed E-state index contributed by atoms with van der Waals surface area (Å²) in [5, 5.41) is 7.79. The molecule has 0 aliphatic heterocycles. The predicted octanol–water partition coefficient (Wildman–Crippen LogP) is 4.19. The molecule has 0 aliphatic rings. The highest BCUT2D eigenvalue weighted by atomic mass is 32.1. The third-order valence-corrected chi connectivity index (χ3v) is 4.29. The fourth-order valence-corrected chi connectivity index (χ4v) is 2.82. The minimum atomic E-state index is -0.195. The normalized spacial score (nSPS) is 10.4. The lowest BCUT2D eigenvalue weighted by molar-refractivity contribution is 0.103. The van der Waals surface area contributed by atoms with Gasteiger partial charge in [0.05, 0.1) is 16.8 Å². The molecule has 24 heavy (non-hydrogen) atoms. The van der Waals surface area contributed by atoms with E-state index in [0.717, 1.165) is 0 Å². The fourth-order valence-electron chi connectivity index (χ4n) is 2.20. The summed E-state index contributed by atoms with van der Waals surface area (Å²) in [5.41, 5.74) is 1.30. The van der Waals surface area contributed by atoms with Crippen molar-refractivity contribution in [2.75, 3.05) is 17.2 Å². The SMILES string of the molecule is O=C(Nc1ccc(NCCc2ccccc2F)nc1)c1cccs1. The van der Waals surface area contributed by atoms with E-state index in [4.69, 9.17) is 0 Å². The summed E-state index contributed by atoms with van der Waals surface area (Å²) < 4.78 is 13.5. The fraction of sp³-hybridized carbons (Fsp3) is 0.111. The van der Waals surface area contributed by atoms with Crippen LogP contribution in [0, 0.1) is 5.82 Å². The van der Waals surface area contributed by atoms with Gasteiger partial charge in [0.25, 0.3) is 5.91 Å². The van der Waals surface area contributed by atoms with E-state index in [2.05, 4.69) is 15.6 Å². The second-order valence-electron chi connectivity index (χ2n) is 5.13. The number of aromatic nitrogens is 1. The van der Waals surface area contributed by atoms with Crippen molar-refractivity contribution in [1.82, 2.24) is 4.98 Å². The zero-order valence-electron chi connectivity index (χ0n) is 12.8. The van der Waals surface area contributed by atoms with E-state index >= 15 is 0 Å². The molecule has 6 heteroatoms. The quantitative estimate of drug-likeness (QED) is 0.707. The van der Waals surface area contributed by atoms with Crippen molar-refractivity contribution in [3.8, 4) is 0 Å². The Labute approximate surface area is 143 Å². The van der Waals surface area contributed by atoms with Crippen molar-refractivity contribution in [3.05, 3.63) is 76.4 Å². The average molecular weight is 341 g/mol. The van der Waals surface area contributed by atoms with Crippen molar-refractivity contribution in [1.29, 1.82) is 0 Å². The summed E-state index contributed by atoms with van der Waals surface area (Å²) in [4.78, 5) is 16.8. The van der Waals surface area contributed by atoms with E-state index in [0.29, 0.717) is 34.9 Å². The number of benzene rings is 1. The minimum Gasteiger partial charge on any atom is -0.370 e. The van der Waals surface area contributed by atoms with E-state index in [1.165, 1.54) is 17.4 Å². The standard InChI is InChI=1S/C18H16FN3OS/c19-15-5-2-1-4-13(15)9-10-20-17-8-7-14(12-21-17)22-18(23)16-6-3-11-24-16/h1-8,11-12H,9-10H2,(H,20,21)(H,22,23). The number of thiophene rings is 1. The van der Waals surface area contributed by atoms with Gasteiger partial charge in [0.1, 0.15) is 11.6 Å². The summed E-state index contributed by atoms with van der Waals surface area (Å²) >= 11 is 1.39. The summed E-state index contributed by atoms with van der Waals surface area (Å²) in [5.74, 6) is 0.339. The first kappa shape index (κ1) is 16.1. The molecule has 122 valence electrons. The van der Waals surface area contributed by atoms with Crippen molar-refractivity contribution in [2.45, 2.75) is 6.42 Å². The molecule has 0 fully saturated rings. The zero-order valence-corrected chi connectivity index (χ0v) is 13.6. The van der Waals surface area contributed by atoms with Gasteiger partial charge in [-0.15, -0.1) is 11.3 Å². The Morgan fingerprint density at radius 3 is 2.71 bits per heavy atom. The minimum absolute atomic E-state index is 0.146. The van der Waals surface area contributed by atoms with Gasteiger partial charge in [-0.1, -0.05) is 24.3 Å². The Morgan fingerprint density at radius 2 is 2.00 bits per heavy atom. The van der Waals surface area contributed by atoms with Crippen LogP contribution in [-0.2, 0) is 6.42 Å². The number of nitrogens with zero attached hydrogens (tertiary/aromatic N) is 1. The van der Waals surface area contributed by atoms with E-state index < -0.39 is 0 Å². The van der Waals surface area contributed by atoms with Gasteiger partial charge in [-0.2, -0.15) is 0 Å². The number of rotatable bonds is 6. The monoisotopic (exact) mass is 341 g/mol. The highest BCUT2D eigenvalue weighted by Gasteiger charge is 2.07. The average Bonchev–Trinajstić information content (AvgIpc) is 3.13. The van der Waals surface area contributed by atoms with Gasteiger partial charge in [-0.25, -0.2) is 9.37 Å². The van der Waals surface area contributed by atoms with Gasteiger partial charge in [0.2, 0.25) is 0 Å². The molecule has 0 saturated heterocycles. The molecule has 1 amide bonds. The molecule has 3 aromatic rings. The third kappa shape index (κ3) is 4.17. The molecule has 2 heterocycles. The lowest BCUT2D eigenvalue weighted by Gasteiger charge is -2.08. The number of nitrogens with one attached hydrogen (secondary N) is 2. The highest BCUT2D eigenvalue weighted by Crippen LogP contribution is 2.14. The maximum atomic E-state index is 13.5. The van der Waals surface area contributed by atoms with Gasteiger partial charge in [0, 0.05) is 6.54 Å². The van der Waals surface area contributed by atoms with E-state index in [-0.39, 0.29) is 11.7 Å². The Balaban J connectivity index is 1.51. The second-order valence-corrected chi connectivity index (χ2v) is 6.08. The molecule has 0 bridgehead atoms. The molecule has 0 spiro atoms. The van der Waals surface area contributed by atoms with Crippen molar-refractivity contribution in [2.24, 2.45) is 0 Å². The molecule has 1 aromatic carbocycles. The van der Waals surface area contributed by atoms with Crippen LogP contribution in [-0.4, -0.2) is 17.4 Å². The van der Waals surface area contributed by atoms with Crippen LogP contribution in [0.5, 0.6) is 0 Å². The first-order valence-corrected chi connectivity index (χ1v) is 8.38. The molecule has 2 aromatic heterocycles. The molecular formula is C18H16FN3OS. The van der Waals surface area contributed by atoms with Gasteiger partial charge in [-0.05, 0) is 41.6 Å². The van der Waals surface area contributed by atoms with Gasteiger partial charge < -0.3 is 10.6 Å². The van der Waals surface area contributed by atoms with Crippen molar-refractivity contribution >= 4 is 28.7 Å². The number of anilines is 2. The van der Waals surface area contributed by atoms with Gasteiger partial charge in [-0.3, -0.25) is 4.79 Å². The number of pyridine rings is 1. The number of halogens is 1. The topological polar surface area (TPSA) is 54.0 Å². The Kier molecular flexibility index (Phi) is 5.18. The molecule has 0 radical (unpaired) electrons. The molecule has 0 unspecified atom stereocenters. The molecule has 3 rings (SSSR count). The van der Waals surface area contributed by atoms with Crippen LogP contribution in [0.1, 0.15) is 15.2 Å². The molecular weight excluding hydrogens is 325 g/mol. The van der Waals surface area contributed by atoms with E-state index in [1.807, 2.05) is 17.5 Å². The van der Waals surface area contributed by atoms with Crippen molar-refractivity contribution in [3.63, 3.8) is 0 Å². The second kappa shape index (κ2) is 7.70. The van der Waals surface area contributed by atoms with Gasteiger partial charge in [0.15, 0.2) is 0 Å². The van der Waals surface area contributed by atoms with Crippen LogP contribution in [0.25, 0.3) is 0 Å². The number of hydrogen-bond acceptors (Lipinski definition) is 4. The molecule has 4 nitrogen and oxygen atoms in total. The Bertz CT molecular complexity index is 803. The lowest BCUT2D eigenvalue weighted by atomic mass is 10.1. The Hall–Kier alpha value is -2.73. The first-order valence-electron chi connectivity index (χ1n) is 7.50. The number of carbonyl (C=O) groups excluding carboxylic acids is 1. The maximum Gasteiger partial charge on any atom is 0.265 e. The van der Waals surface area contributed by atoms with Crippen molar-refractivity contribution < 1.29 is 9.18 Å². The zero-order chi connectivity index (χ0) is 16.8. The number of hydrogen-bond donors (Lipinski definition) is 2. The maximum absolute atomic E-state index is 13.5. The summed E-state index contributed by atoms with van der Waals surface area (Å²) in [6, 6.07) is 13.9. The van der Waals surface area contributed by atoms with E-state index in [1.54, 1.807) is 36.5 Å². The van der Waals surface area contributed by atoms with Crippen LogP contribution >= 0.6 is 11.3 Å². The van der Waals surface area contributed by atoms with E-state index in [9.17, 15) is 9.18 Å². The molecule has 0 saturated carbocycles. The third-order valence-electron chi connectivity index (χ3n) is 3.42. The van der Waals surface area contributed by atoms with Crippen LogP contribution < -0.4 is 10.6 Å². The highest BCUT2D eigenvalue weighted by molar-refractivity contribution is 7.12. The van der Waals surface area contributed by atoms with Gasteiger partial charge >= 0.3 is 0 Å². The Morgan fingerprint density at radius 1 is 1.12 bits per heavy atom. The number of carbonyl (C=O) groups is 1. The number of amides is 1. The van der Waals surface area contributed by atoms with Crippen LogP contribution in [0.4, 0.5) is 15.9 Å². The summed E-state index contributed by atoms with van der Waals surface area (Å²) in [7, 11) is 0. The molecule has 2 N–H and O–H groups in total. The van der Waals surface area contributed by atoms with Crippen LogP contribution in [0.3, 0.4) is 0 Å². The van der Waals surface area contributed by atoms with Crippen LogP contribution in [0.15, 0.2) is 60.1 Å². The largest absolute Gasteiger partial charge is 0.370 e. The molecule has 0 atom stereocenters. The predicted molar refractivity (Wildman–Crippen MR) is 95.1 cm³/mol. The molecule has 0 aliphatic carbocycles. The smallest absolute Gasteiger partial charge is 0.265 e. The first-order chi connectivity index (χ1) is 11.7. The summed E-state index contributed by atoms with van der Waals surface area (Å²) in [6.07, 6.45) is 2.17.